The van der Waals surface area contributed by atoms with Crippen molar-refractivity contribution >= 4 is 5.91 Å². The maximum Gasteiger partial charge on any atom is 0.252 e. The summed E-state index contributed by atoms with van der Waals surface area (Å²) in [6.07, 6.45) is 0.696. The van der Waals surface area contributed by atoms with Crippen LogP contribution in [0.2, 0.25) is 0 Å². The Morgan fingerprint density at radius 3 is 2.31 bits per heavy atom. The standard InChI is InChI=1S/C19H18F2N2O3/c1-22-18(25)19(13-4-8-15(21)9-5-13)11-16(26-23-19)10-17(24)12-2-6-14(20)7-3-12/h2-9,11,17,23-24H,10H2,1H3,(H,22,25). The topological polar surface area (TPSA) is 70.6 Å². The predicted molar refractivity (Wildman–Crippen MR) is 90.4 cm³/mol. The van der Waals surface area contributed by atoms with E-state index in [2.05, 4.69) is 10.8 Å². The number of carbonyl (C=O) groups is 1. The first-order valence-corrected chi connectivity index (χ1v) is 8.02. The first-order chi connectivity index (χ1) is 12.4. The Hall–Kier alpha value is -2.77. The summed E-state index contributed by atoms with van der Waals surface area (Å²) in [5.41, 5.74) is 2.35. The van der Waals surface area contributed by atoms with Crippen LogP contribution in [0.1, 0.15) is 23.7 Å². The number of rotatable bonds is 5. The number of amides is 1. The third kappa shape index (κ3) is 3.44. The van der Waals surface area contributed by atoms with Crippen molar-refractivity contribution in [2.24, 2.45) is 0 Å². The second kappa shape index (κ2) is 7.23. The van der Waals surface area contributed by atoms with Crippen LogP contribution >= 0.6 is 0 Å². The molecule has 5 nitrogen and oxygen atoms in total. The molecular weight excluding hydrogens is 342 g/mol. The zero-order valence-electron chi connectivity index (χ0n) is 14.0. The predicted octanol–water partition coefficient (Wildman–Crippen LogP) is 2.45. The molecule has 0 aliphatic carbocycles. The van der Waals surface area contributed by atoms with E-state index < -0.39 is 29.2 Å². The number of likely N-dealkylation sites (N-methyl/N-ethyl adjacent to an activating group) is 1. The maximum absolute atomic E-state index is 13.2. The van der Waals surface area contributed by atoms with Gasteiger partial charge in [0.1, 0.15) is 17.4 Å². The van der Waals surface area contributed by atoms with E-state index in [0.717, 1.165) is 0 Å². The van der Waals surface area contributed by atoms with Crippen molar-refractivity contribution in [3.8, 4) is 0 Å². The number of halogens is 2. The van der Waals surface area contributed by atoms with Crippen molar-refractivity contribution in [2.75, 3.05) is 7.05 Å². The minimum atomic E-state index is -1.33. The summed E-state index contributed by atoms with van der Waals surface area (Å²) in [4.78, 5) is 17.9. The summed E-state index contributed by atoms with van der Waals surface area (Å²) in [5, 5.41) is 12.9. The van der Waals surface area contributed by atoms with Crippen molar-refractivity contribution in [3.05, 3.63) is 83.1 Å². The van der Waals surface area contributed by atoms with Crippen molar-refractivity contribution in [1.82, 2.24) is 10.8 Å². The number of hydrogen-bond acceptors (Lipinski definition) is 4. The van der Waals surface area contributed by atoms with Crippen LogP contribution in [0.3, 0.4) is 0 Å². The highest BCUT2D eigenvalue weighted by Crippen LogP contribution is 2.33. The Balaban J connectivity index is 1.87. The zero-order valence-corrected chi connectivity index (χ0v) is 14.0. The van der Waals surface area contributed by atoms with Crippen molar-refractivity contribution in [3.63, 3.8) is 0 Å². The SMILES string of the molecule is CNC(=O)C1(c2ccc(F)cc2)C=C(CC(O)c2ccc(F)cc2)ON1. The molecule has 1 aliphatic heterocycles. The fourth-order valence-electron chi connectivity index (χ4n) is 2.84. The molecule has 0 fully saturated rings. The van der Waals surface area contributed by atoms with Crippen LogP contribution in [0.4, 0.5) is 8.78 Å². The Morgan fingerprint density at radius 2 is 1.73 bits per heavy atom. The third-order valence-electron chi connectivity index (χ3n) is 4.25. The van der Waals surface area contributed by atoms with Gasteiger partial charge in [-0.25, -0.2) is 8.78 Å². The van der Waals surface area contributed by atoms with Gasteiger partial charge in [0.05, 0.1) is 6.10 Å². The van der Waals surface area contributed by atoms with Crippen LogP contribution in [0.5, 0.6) is 0 Å². The van der Waals surface area contributed by atoms with Gasteiger partial charge in [-0.3, -0.25) is 4.79 Å². The highest BCUT2D eigenvalue weighted by Gasteiger charge is 2.43. The highest BCUT2D eigenvalue weighted by molar-refractivity contribution is 5.90. The second-order valence-electron chi connectivity index (χ2n) is 5.98. The van der Waals surface area contributed by atoms with Crippen molar-refractivity contribution in [2.45, 2.75) is 18.1 Å². The summed E-state index contributed by atoms with van der Waals surface area (Å²) in [7, 11) is 1.48. The lowest BCUT2D eigenvalue weighted by Crippen LogP contribution is -2.49. The highest BCUT2D eigenvalue weighted by atomic mass is 19.1. The first-order valence-electron chi connectivity index (χ1n) is 8.02. The number of nitrogens with one attached hydrogen (secondary N) is 2. The van der Waals surface area contributed by atoms with Crippen LogP contribution in [0.25, 0.3) is 0 Å². The zero-order chi connectivity index (χ0) is 18.7. The lowest BCUT2D eigenvalue weighted by molar-refractivity contribution is -0.128. The summed E-state index contributed by atoms with van der Waals surface area (Å²) in [6.45, 7) is 0. The average molecular weight is 360 g/mol. The second-order valence-corrected chi connectivity index (χ2v) is 5.98. The van der Waals surface area contributed by atoms with Gasteiger partial charge in [0.2, 0.25) is 0 Å². The van der Waals surface area contributed by atoms with E-state index in [1.54, 1.807) is 6.08 Å². The molecule has 3 N–H and O–H groups in total. The lowest BCUT2D eigenvalue weighted by Gasteiger charge is -2.24. The van der Waals surface area contributed by atoms with Crippen LogP contribution in [-0.4, -0.2) is 18.1 Å². The van der Waals surface area contributed by atoms with E-state index in [-0.39, 0.29) is 6.42 Å². The minimum Gasteiger partial charge on any atom is -0.412 e. The molecule has 2 atom stereocenters. The van der Waals surface area contributed by atoms with Gasteiger partial charge >= 0.3 is 0 Å². The molecule has 2 unspecified atom stereocenters. The third-order valence-corrected chi connectivity index (χ3v) is 4.25. The number of aliphatic hydroxyl groups excluding tert-OH is 1. The van der Waals surface area contributed by atoms with E-state index in [4.69, 9.17) is 4.84 Å². The summed E-state index contributed by atoms with van der Waals surface area (Å²) < 4.78 is 26.2. The Morgan fingerprint density at radius 1 is 1.15 bits per heavy atom. The fourth-order valence-corrected chi connectivity index (χ4v) is 2.84. The van der Waals surface area contributed by atoms with E-state index in [1.807, 2.05) is 0 Å². The average Bonchev–Trinajstić information content (AvgIpc) is 3.07. The van der Waals surface area contributed by atoms with Gasteiger partial charge in [-0.15, -0.1) is 5.48 Å². The van der Waals surface area contributed by atoms with Crippen molar-refractivity contribution < 1.29 is 23.5 Å². The van der Waals surface area contributed by atoms with E-state index >= 15 is 0 Å². The number of hydroxylamine groups is 1. The van der Waals surface area contributed by atoms with Gasteiger partial charge in [-0.05, 0) is 41.5 Å². The molecule has 0 saturated heterocycles. The Bertz CT molecular complexity index is 822. The van der Waals surface area contributed by atoms with Gasteiger partial charge in [-0.2, -0.15) is 0 Å². The largest absolute Gasteiger partial charge is 0.412 e. The minimum absolute atomic E-state index is 0.0819. The smallest absolute Gasteiger partial charge is 0.252 e. The summed E-state index contributed by atoms with van der Waals surface area (Å²) in [6, 6.07) is 10.9. The number of benzene rings is 2. The molecule has 1 aliphatic rings. The first kappa shape index (κ1) is 18.0. The Kier molecular flexibility index (Phi) is 5.01. The van der Waals surface area contributed by atoms with E-state index in [1.165, 1.54) is 55.6 Å². The normalized spacial score (nSPS) is 20.2. The van der Waals surface area contributed by atoms with Gasteiger partial charge < -0.3 is 15.3 Å². The summed E-state index contributed by atoms with van der Waals surface area (Å²) in [5.74, 6) is -0.866. The van der Waals surface area contributed by atoms with Gasteiger partial charge in [-0.1, -0.05) is 24.3 Å². The molecule has 3 rings (SSSR count). The molecule has 0 aromatic heterocycles. The Labute approximate surface area is 149 Å². The quantitative estimate of drug-likeness (QED) is 0.766. The monoisotopic (exact) mass is 360 g/mol. The van der Waals surface area contributed by atoms with Gasteiger partial charge in [0.25, 0.3) is 5.91 Å². The molecule has 2 aromatic carbocycles. The molecule has 0 spiro atoms. The number of aliphatic hydroxyl groups is 1. The molecule has 0 radical (unpaired) electrons. The molecule has 0 bridgehead atoms. The van der Waals surface area contributed by atoms with E-state index in [0.29, 0.717) is 16.9 Å². The maximum atomic E-state index is 13.2. The van der Waals surface area contributed by atoms with Crippen LogP contribution in [0.15, 0.2) is 60.4 Å². The van der Waals surface area contributed by atoms with Crippen molar-refractivity contribution in [1.29, 1.82) is 0 Å². The van der Waals surface area contributed by atoms with Gasteiger partial charge in [0.15, 0.2) is 5.54 Å². The molecule has 0 saturated carbocycles. The molecule has 1 heterocycles. The molecular formula is C19H18F2N2O3. The molecule has 26 heavy (non-hydrogen) atoms. The van der Waals surface area contributed by atoms with Gasteiger partial charge in [0, 0.05) is 13.5 Å². The fraction of sp³-hybridized carbons (Fsp3) is 0.211. The van der Waals surface area contributed by atoms with Crippen LogP contribution in [0, 0.1) is 11.6 Å². The van der Waals surface area contributed by atoms with Crippen LogP contribution in [-0.2, 0) is 15.2 Å². The van der Waals surface area contributed by atoms with E-state index in [9.17, 15) is 18.7 Å². The number of carbonyl (C=O) groups excluding carboxylic acids is 1. The molecule has 136 valence electrons. The number of hydrogen-bond donors (Lipinski definition) is 3. The molecule has 7 heteroatoms. The molecule has 2 aromatic rings. The van der Waals surface area contributed by atoms with Crippen LogP contribution < -0.4 is 10.8 Å². The molecule has 1 amide bonds. The lowest BCUT2D eigenvalue weighted by atomic mass is 9.88. The summed E-state index contributed by atoms with van der Waals surface area (Å²) >= 11 is 0.